The molecule has 2 N–H and O–H groups in total. The average molecular weight is 482 g/mol. The summed E-state index contributed by atoms with van der Waals surface area (Å²) in [7, 11) is 0. The Bertz CT molecular complexity index is 1070. The van der Waals surface area contributed by atoms with Gasteiger partial charge in [-0.05, 0) is 36.8 Å². The number of thioether (sulfide) groups is 1. The lowest BCUT2D eigenvalue weighted by molar-refractivity contribution is -0.670. The van der Waals surface area contributed by atoms with Gasteiger partial charge in [0.05, 0.1) is 17.3 Å². The fourth-order valence-corrected chi connectivity index (χ4v) is 5.81. The minimum atomic E-state index is 0. The van der Waals surface area contributed by atoms with Gasteiger partial charge in [0.25, 0.3) is 5.01 Å². The molecular weight excluding hydrogens is 459 g/mol. The third-order valence-electron chi connectivity index (χ3n) is 4.62. The smallest absolute Gasteiger partial charge is 0.263 e. The van der Waals surface area contributed by atoms with Crippen molar-refractivity contribution >= 4 is 45.1 Å². The van der Waals surface area contributed by atoms with Crippen LogP contribution < -0.4 is 34.3 Å². The van der Waals surface area contributed by atoms with Crippen molar-refractivity contribution < 1.29 is 39.6 Å². The molecule has 1 aromatic heterocycles. The molecule has 30 heavy (non-hydrogen) atoms. The molecule has 1 aliphatic heterocycles. The van der Waals surface area contributed by atoms with E-state index in [2.05, 4.69) is 52.8 Å². The van der Waals surface area contributed by atoms with Crippen LogP contribution in [0, 0.1) is 0 Å². The van der Waals surface area contributed by atoms with E-state index in [1.54, 1.807) is 23.1 Å². The third-order valence-corrected chi connectivity index (χ3v) is 6.85. The maximum Gasteiger partial charge on any atom is 0.263 e. The lowest BCUT2D eigenvalue weighted by Crippen LogP contribution is -3.00. The molecule has 1 aliphatic rings. The van der Waals surface area contributed by atoms with Gasteiger partial charge in [-0.15, -0.1) is 0 Å². The highest BCUT2D eigenvalue weighted by atomic mass is 35.5. The first-order valence-corrected chi connectivity index (χ1v) is 10.9. The predicted octanol–water partition coefficient (Wildman–Crippen LogP) is -1.96. The Hall–Kier alpha value is -1.54. The van der Waals surface area contributed by atoms with Gasteiger partial charge in [-0.25, -0.2) is 0 Å². The molecule has 2 aromatic carbocycles. The number of β-amino-alcohol motifs (C(OH)–C–C–N with tert-alkyl or cyclic N) is 1. The third kappa shape index (κ3) is 5.02. The lowest BCUT2D eigenvalue weighted by Gasteiger charge is -2.19. The zero-order chi connectivity index (χ0) is 19.5. The summed E-state index contributed by atoms with van der Waals surface area (Å²) in [5.41, 5.74) is 3.44. The van der Waals surface area contributed by atoms with Gasteiger partial charge in [0, 0.05) is 23.6 Å². The zero-order valence-electron chi connectivity index (χ0n) is 16.5. The molecule has 0 spiro atoms. The van der Waals surface area contributed by atoms with Gasteiger partial charge in [0.2, 0.25) is 5.52 Å². The van der Waals surface area contributed by atoms with Crippen molar-refractivity contribution in [3.8, 4) is 0 Å². The Morgan fingerprint density at radius 2 is 1.77 bits per heavy atom. The van der Waals surface area contributed by atoms with Crippen molar-refractivity contribution in [1.29, 1.82) is 0 Å². The number of thiazole rings is 1. The fourth-order valence-electron chi connectivity index (χ4n) is 3.41. The number of fused-ring (bicyclic) bond motifs is 2. The van der Waals surface area contributed by atoms with Gasteiger partial charge in [-0.1, -0.05) is 47.4 Å². The fraction of sp³-hybridized carbons (Fsp3) is 0.227. The van der Waals surface area contributed by atoms with Crippen LogP contribution in [0.15, 0.2) is 70.1 Å². The number of aliphatic hydroxyl groups is 2. The zero-order valence-corrected chi connectivity index (χ0v) is 19.6. The standard InChI is InChI=1S/C22H23N2O2S2.2ClH/c1-16(14-21-23(10-12-25)17-6-2-4-8-19(17)27-21)15-22-24(11-13-26)18-7-3-5-9-20(18)28-22;;/h2-9,14-15,25-26H,10-13H2,1H3;2*1H/q+1;;/p-2. The molecule has 8 heteroatoms. The highest BCUT2D eigenvalue weighted by Crippen LogP contribution is 2.45. The number of aliphatic hydroxyl groups excluding tert-OH is 2. The number of aromatic nitrogens is 1. The number of hydrogen-bond donors (Lipinski definition) is 2. The highest BCUT2D eigenvalue weighted by Gasteiger charge is 2.24. The minimum absolute atomic E-state index is 0. The van der Waals surface area contributed by atoms with Crippen LogP contribution in [0.4, 0.5) is 5.69 Å². The topological polar surface area (TPSA) is 47.6 Å². The summed E-state index contributed by atoms with van der Waals surface area (Å²) in [6.45, 7) is 3.48. The largest absolute Gasteiger partial charge is 1.00 e. The summed E-state index contributed by atoms with van der Waals surface area (Å²) in [6.07, 6.45) is 4.35. The van der Waals surface area contributed by atoms with E-state index in [1.165, 1.54) is 9.60 Å². The molecule has 0 bridgehead atoms. The van der Waals surface area contributed by atoms with Crippen molar-refractivity contribution in [3.63, 3.8) is 0 Å². The molecule has 0 saturated carbocycles. The van der Waals surface area contributed by atoms with Gasteiger partial charge < -0.3 is 39.9 Å². The number of para-hydroxylation sites is 2. The van der Waals surface area contributed by atoms with Crippen LogP contribution in [-0.2, 0) is 6.54 Å². The Morgan fingerprint density at radius 1 is 1.03 bits per heavy atom. The molecule has 0 radical (unpaired) electrons. The number of allylic oxidation sites excluding steroid dienone is 2. The van der Waals surface area contributed by atoms with Crippen LogP contribution in [0.1, 0.15) is 11.9 Å². The molecule has 0 saturated heterocycles. The number of rotatable bonds is 6. The molecule has 0 aliphatic carbocycles. The van der Waals surface area contributed by atoms with Gasteiger partial charge in [0.1, 0.15) is 11.3 Å². The minimum Gasteiger partial charge on any atom is -1.00 e. The van der Waals surface area contributed by atoms with Crippen LogP contribution in [0.25, 0.3) is 16.3 Å². The van der Waals surface area contributed by atoms with E-state index in [-0.39, 0.29) is 38.0 Å². The highest BCUT2D eigenvalue weighted by molar-refractivity contribution is 8.03. The number of hydrogen-bond acceptors (Lipinski definition) is 5. The Morgan fingerprint density at radius 3 is 2.53 bits per heavy atom. The molecule has 0 unspecified atom stereocenters. The maximum absolute atomic E-state index is 9.50. The van der Waals surface area contributed by atoms with Crippen molar-refractivity contribution in [2.75, 3.05) is 24.7 Å². The summed E-state index contributed by atoms with van der Waals surface area (Å²) in [5, 5.41) is 21.2. The van der Waals surface area contributed by atoms with Crippen molar-refractivity contribution in [3.05, 3.63) is 70.2 Å². The monoisotopic (exact) mass is 481 g/mol. The molecular formula is C22H23Cl2N2O2S2-. The number of benzene rings is 2. The summed E-state index contributed by atoms with van der Waals surface area (Å²) >= 11 is 3.47. The van der Waals surface area contributed by atoms with Crippen LogP contribution in [0.3, 0.4) is 0 Å². The summed E-state index contributed by atoms with van der Waals surface area (Å²) in [4.78, 5) is 3.39. The summed E-state index contributed by atoms with van der Waals surface area (Å²) < 4.78 is 3.39. The lowest BCUT2D eigenvalue weighted by atomic mass is 10.2. The number of anilines is 1. The molecule has 3 aromatic rings. The molecule has 0 atom stereocenters. The number of nitrogens with zero attached hydrogens (tertiary/aromatic N) is 2. The van der Waals surface area contributed by atoms with E-state index in [4.69, 9.17) is 0 Å². The Labute approximate surface area is 197 Å². The summed E-state index contributed by atoms with van der Waals surface area (Å²) in [5.74, 6) is 0. The molecule has 4 nitrogen and oxygen atoms in total. The quantitative estimate of drug-likeness (QED) is 0.401. The van der Waals surface area contributed by atoms with E-state index < -0.39 is 0 Å². The second kappa shape index (κ2) is 11.2. The van der Waals surface area contributed by atoms with Crippen molar-refractivity contribution in [2.24, 2.45) is 0 Å². The molecule has 4 rings (SSSR count). The van der Waals surface area contributed by atoms with Crippen LogP contribution in [-0.4, -0.2) is 30.0 Å². The Kier molecular flexibility index (Phi) is 9.22. The van der Waals surface area contributed by atoms with Gasteiger partial charge >= 0.3 is 0 Å². The SMILES string of the molecule is CC(=C/c1sc2ccccc2[n+]1CCO)/C=C1/Sc2ccccc2N1CCO.[Cl-].[Cl-]. The van der Waals surface area contributed by atoms with Gasteiger partial charge in [0.15, 0.2) is 6.54 Å². The van der Waals surface area contributed by atoms with Crippen LogP contribution in [0.5, 0.6) is 0 Å². The number of halogens is 2. The van der Waals surface area contributed by atoms with E-state index >= 15 is 0 Å². The Balaban J connectivity index is 0.00000160. The first-order valence-electron chi connectivity index (χ1n) is 9.29. The van der Waals surface area contributed by atoms with E-state index in [1.807, 2.05) is 24.3 Å². The average Bonchev–Trinajstić information content (AvgIpc) is 3.21. The second-order valence-corrected chi connectivity index (χ2v) is 8.72. The van der Waals surface area contributed by atoms with Crippen LogP contribution >= 0.6 is 23.1 Å². The molecule has 160 valence electrons. The maximum atomic E-state index is 9.50. The second-order valence-electron chi connectivity index (χ2n) is 6.60. The first kappa shape index (κ1) is 24.7. The van der Waals surface area contributed by atoms with E-state index in [0.29, 0.717) is 13.1 Å². The van der Waals surface area contributed by atoms with Crippen LogP contribution in [0.2, 0.25) is 0 Å². The van der Waals surface area contributed by atoms with Gasteiger partial charge in [-0.3, -0.25) is 0 Å². The van der Waals surface area contributed by atoms with Crippen molar-refractivity contribution in [1.82, 2.24) is 0 Å². The van der Waals surface area contributed by atoms with E-state index in [0.717, 1.165) is 26.8 Å². The van der Waals surface area contributed by atoms with E-state index in [9.17, 15) is 10.2 Å². The molecule has 0 fully saturated rings. The normalized spacial score (nSPS) is 14.6. The molecule has 2 heterocycles. The van der Waals surface area contributed by atoms with Gasteiger partial charge in [-0.2, -0.15) is 4.57 Å². The first-order chi connectivity index (χ1) is 13.7. The van der Waals surface area contributed by atoms with Crippen molar-refractivity contribution in [2.45, 2.75) is 18.4 Å². The summed E-state index contributed by atoms with van der Waals surface area (Å²) in [6, 6.07) is 16.6. The molecule has 0 amide bonds. The predicted molar refractivity (Wildman–Crippen MR) is 118 cm³/mol.